The molecule has 1 aliphatic carbocycles. The number of Topliss-reactive ketones (excluding diaryl/α,β-unsaturated/α-hetero) is 1. The maximum Gasteiger partial charge on any atom is 0.136 e. The van der Waals surface area contributed by atoms with Gasteiger partial charge < -0.3 is 0 Å². The summed E-state index contributed by atoms with van der Waals surface area (Å²) in [5.41, 5.74) is 6.14. The van der Waals surface area contributed by atoms with E-state index in [4.69, 9.17) is 11.6 Å². The van der Waals surface area contributed by atoms with Gasteiger partial charge >= 0.3 is 0 Å². The first kappa shape index (κ1) is 12.4. The van der Waals surface area contributed by atoms with Gasteiger partial charge in [0.25, 0.3) is 0 Å². The Morgan fingerprint density at radius 3 is 2.42 bits per heavy atom. The normalized spacial score (nSPS) is 13.8. The average molecular weight is 271 g/mol. The van der Waals surface area contributed by atoms with Gasteiger partial charge in [0.05, 0.1) is 0 Å². The first-order valence-electron chi connectivity index (χ1n) is 6.48. The van der Waals surface area contributed by atoms with Crippen LogP contribution in [-0.2, 0) is 11.2 Å². The second-order valence-electron chi connectivity index (χ2n) is 5.23. The molecule has 0 spiro atoms. The minimum Gasteiger partial charge on any atom is -0.299 e. The number of fused-ring (bicyclic) bond motifs is 3. The van der Waals surface area contributed by atoms with Crippen molar-refractivity contribution in [1.29, 1.82) is 0 Å². The Morgan fingerprint density at radius 1 is 1.11 bits per heavy atom. The molecule has 1 nitrogen and oxygen atoms in total. The lowest BCUT2D eigenvalue weighted by Crippen LogP contribution is -2.04. The van der Waals surface area contributed by atoms with E-state index in [2.05, 4.69) is 24.3 Å². The summed E-state index contributed by atoms with van der Waals surface area (Å²) in [6, 6.07) is 12.4. The van der Waals surface area contributed by atoms with Gasteiger partial charge in [-0.2, -0.15) is 0 Å². The summed E-state index contributed by atoms with van der Waals surface area (Å²) in [5.74, 6) is 0.151. The number of carbonyl (C=O) groups excluding carboxylic acids is 1. The summed E-state index contributed by atoms with van der Waals surface area (Å²) in [7, 11) is 0. The molecule has 0 bridgehead atoms. The summed E-state index contributed by atoms with van der Waals surface area (Å²) >= 11 is 6.09. The van der Waals surface area contributed by atoms with Crippen LogP contribution in [0.2, 0.25) is 5.02 Å². The Morgan fingerprint density at radius 2 is 1.74 bits per heavy atom. The second kappa shape index (κ2) is 4.50. The summed E-state index contributed by atoms with van der Waals surface area (Å²) in [6.45, 7) is 3.60. The largest absolute Gasteiger partial charge is 0.299 e. The van der Waals surface area contributed by atoms with Gasteiger partial charge in [-0.25, -0.2) is 0 Å². The fourth-order valence-corrected chi connectivity index (χ4v) is 2.83. The van der Waals surface area contributed by atoms with Crippen LogP contribution < -0.4 is 0 Å². The Balaban J connectivity index is 2.12. The first-order valence-corrected chi connectivity index (χ1v) is 6.86. The summed E-state index contributed by atoms with van der Waals surface area (Å²) < 4.78 is 0. The lowest BCUT2D eigenvalue weighted by Gasteiger charge is -2.10. The molecule has 2 aromatic carbocycles. The zero-order valence-corrected chi connectivity index (χ0v) is 11.8. The Hall–Kier alpha value is -1.60. The topological polar surface area (TPSA) is 17.1 Å². The van der Waals surface area contributed by atoms with Gasteiger partial charge in [-0.15, -0.1) is 0 Å². The van der Waals surface area contributed by atoms with Crippen molar-refractivity contribution in [3.05, 3.63) is 58.1 Å². The molecule has 0 N–H and O–H groups in total. The van der Waals surface area contributed by atoms with Gasteiger partial charge in [0, 0.05) is 10.9 Å². The van der Waals surface area contributed by atoms with Crippen molar-refractivity contribution in [2.45, 2.75) is 26.2 Å². The molecular weight excluding hydrogens is 256 g/mol. The van der Waals surface area contributed by atoms with Crippen LogP contribution in [0.15, 0.2) is 36.4 Å². The van der Waals surface area contributed by atoms with Gasteiger partial charge in [0.2, 0.25) is 0 Å². The molecule has 0 amide bonds. The first-order chi connectivity index (χ1) is 9.06. The van der Waals surface area contributed by atoms with E-state index in [0.717, 1.165) is 17.0 Å². The number of benzene rings is 2. The van der Waals surface area contributed by atoms with Crippen molar-refractivity contribution < 1.29 is 4.79 Å². The van der Waals surface area contributed by atoms with E-state index in [-0.39, 0.29) is 11.7 Å². The van der Waals surface area contributed by atoms with Crippen molar-refractivity contribution in [2.75, 3.05) is 0 Å². The smallest absolute Gasteiger partial charge is 0.136 e. The number of hydrogen-bond acceptors (Lipinski definition) is 1. The fraction of sp³-hybridized carbons (Fsp3) is 0.235. The predicted octanol–water partition coefficient (Wildman–Crippen LogP) is 4.60. The third-order valence-electron chi connectivity index (χ3n) is 3.99. The number of hydrogen-bond donors (Lipinski definition) is 0. The highest BCUT2D eigenvalue weighted by Gasteiger charge is 2.20. The van der Waals surface area contributed by atoms with Crippen molar-refractivity contribution >= 4 is 17.4 Å². The molecule has 3 rings (SSSR count). The van der Waals surface area contributed by atoms with Crippen molar-refractivity contribution in [1.82, 2.24) is 0 Å². The van der Waals surface area contributed by atoms with E-state index in [0.29, 0.717) is 0 Å². The van der Waals surface area contributed by atoms with E-state index in [9.17, 15) is 4.79 Å². The van der Waals surface area contributed by atoms with Crippen LogP contribution >= 0.6 is 11.6 Å². The van der Waals surface area contributed by atoms with E-state index in [1.165, 1.54) is 22.3 Å². The number of rotatable bonds is 2. The molecule has 2 heteroatoms. The molecule has 0 unspecified atom stereocenters. The zero-order chi connectivity index (χ0) is 13.6. The minimum atomic E-state index is -0.0477. The van der Waals surface area contributed by atoms with E-state index < -0.39 is 0 Å². The number of halogens is 1. The molecule has 0 heterocycles. The third kappa shape index (κ3) is 2.08. The van der Waals surface area contributed by atoms with E-state index in [1.807, 2.05) is 19.1 Å². The van der Waals surface area contributed by atoms with Crippen molar-refractivity contribution in [2.24, 2.45) is 0 Å². The highest BCUT2D eigenvalue weighted by Crippen LogP contribution is 2.39. The van der Waals surface area contributed by atoms with E-state index >= 15 is 0 Å². The van der Waals surface area contributed by atoms with Crippen LogP contribution in [0.5, 0.6) is 0 Å². The molecule has 19 heavy (non-hydrogen) atoms. The molecule has 2 aromatic rings. The molecule has 0 radical (unpaired) electrons. The van der Waals surface area contributed by atoms with Crippen LogP contribution in [0.1, 0.15) is 36.5 Å². The Labute approximate surface area is 118 Å². The summed E-state index contributed by atoms with van der Waals surface area (Å²) in [6.07, 6.45) is 0.955. The lowest BCUT2D eigenvalue weighted by atomic mass is 9.93. The summed E-state index contributed by atoms with van der Waals surface area (Å²) in [4.78, 5) is 11.5. The average Bonchev–Trinajstić information content (AvgIpc) is 2.75. The van der Waals surface area contributed by atoms with Gasteiger partial charge in [-0.05, 0) is 53.3 Å². The molecular formula is C17H15ClO. The van der Waals surface area contributed by atoms with Crippen molar-refractivity contribution in [3.63, 3.8) is 0 Å². The van der Waals surface area contributed by atoms with E-state index in [1.54, 1.807) is 6.92 Å². The molecule has 0 saturated heterocycles. The number of ketones is 1. The van der Waals surface area contributed by atoms with Crippen LogP contribution in [0.25, 0.3) is 11.1 Å². The van der Waals surface area contributed by atoms with Gasteiger partial charge in [-0.3, -0.25) is 4.79 Å². The summed E-state index contributed by atoms with van der Waals surface area (Å²) in [5, 5.41) is 0.761. The molecule has 0 aromatic heterocycles. The zero-order valence-electron chi connectivity index (χ0n) is 11.0. The Kier molecular flexibility index (Phi) is 2.94. The standard InChI is InChI=1S/C17H15ClO/c1-10(11(2)19)12-3-4-13-7-14-5-6-15(18)9-17(14)16(13)8-12/h3-6,8-10H,7H2,1-2H3/t10-/m0/s1. The van der Waals surface area contributed by atoms with Gasteiger partial charge in [-0.1, -0.05) is 42.8 Å². The monoisotopic (exact) mass is 270 g/mol. The van der Waals surface area contributed by atoms with Crippen LogP contribution in [0.4, 0.5) is 0 Å². The minimum absolute atomic E-state index is 0.0477. The van der Waals surface area contributed by atoms with Crippen molar-refractivity contribution in [3.8, 4) is 11.1 Å². The molecule has 96 valence electrons. The lowest BCUT2D eigenvalue weighted by molar-refractivity contribution is -0.118. The van der Waals surface area contributed by atoms with Crippen LogP contribution in [0, 0.1) is 0 Å². The maximum absolute atomic E-state index is 11.5. The number of carbonyl (C=O) groups is 1. The molecule has 0 fully saturated rings. The van der Waals surface area contributed by atoms with Crippen LogP contribution in [-0.4, -0.2) is 5.78 Å². The Bertz CT molecular complexity index is 673. The van der Waals surface area contributed by atoms with Crippen LogP contribution in [0.3, 0.4) is 0 Å². The fourth-order valence-electron chi connectivity index (χ4n) is 2.66. The predicted molar refractivity (Wildman–Crippen MR) is 78.8 cm³/mol. The molecule has 1 aliphatic rings. The molecule has 1 atom stereocenters. The van der Waals surface area contributed by atoms with Gasteiger partial charge in [0.15, 0.2) is 0 Å². The highest BCUT2D eigenvalue weighted by atomic mass is 35.5. The third-order valence-corrected chi connectivity index (χ3v) is 4.22. The molecule has 0 aliphatic heterocycles. The maximum atomic E-state index is 11.5. The quantitative estimate of drug-likeness (QED) is 0.665. The molecule has 0 saturated carbocycles. The van der Waals surface area contributed by atoms with Gasteiger partial charge in [0.1, 0.15) is 5.78 Å². The highest BCUT2D eigenvalue weighted by molar-refractivity contribution is 6.31. The SMILES string of the molecule is CC(=O)[C@H](C)c1ccc2c(c1)-c1cc(Cl)ccc1C2. The second-order valence-corrected chi connectivity index (χ2v) is 5.66.